The summed E-state index contributed by atoms with van der Waals surface area (Å²) in [6.07, 6.45) is 7.54. The molecule has 0 spiro atoms. The third-order valence-electron chi connectivity index (χ3n) is 4.66. The standard InChI is InChI=1S/C13H12O2.C11H14FN/c1-3-5-10(4-2)11-6-8-12(9-7-11)13(14)15;12-11-3-1-9(2-4-11)10-5-7-13-8-6-10/h3-9H,1-2H2,(H,14,15);1-4,10,13H,5-8H2/b10-5+;. The number of piperidine rings is 1. The first kappa shape index (κ1) is 21.3. The minimum Gasteiger partial charge on any atom is -0.478 e. The van der Waals surface area contributed by atoms with Crippen molar-refractivity contribution in [2.24, 2.45) is 0 Å². The van der Waals surface area contributed by atoms with Crippen LogP contribution in [0.25, 0.3) is 5.57 Å². The van der Waals surface area contributed by atoms with E-state index in [0.717, 1.165) is 24.2 Å². The summed E-state index contributed by atoms with van der Waals surface area (Å²) in [5.74, 6) is -0.436. The van der Waals surface area contributed by atoms with Crippen LogP contribution in [-0.4, -0.2) is 24.2 Å². The Bertz CT molecular complexity index is 817. The highest BCUT2D eigenvalue weighted by Crippen LogP contribution is 2.24. The van der Waals surface area contributed by atoms with Crippen molar-refractivity contribution in [2.75, 3.05) is 13.1 Å². The van der Waals surface area contributed by atoms with Crippen LogP contribution in [0.2, 0.25) is 0 Å². The molecule has 0 aromatic heterocycles. The van der Waals surface area contributed by atoms with E-state index in [2.05, 4.69) is 18.5 Å². The first-order chi connectivity index (χ1) is 13.5. The summed E-state index contributed by atoms with van der Waals surface area (Å²) in [5, 5.41) is 12.0. The van der Waals surface area contributed by atoms with Crippen LogP contribution in [0.15, 0.2) is 79.9 Å². The van der Waals surface area contributed by atoms with Crippen LogP contribution in [0.3, 0.4) is 0 Å². The molecule has 4 heteroatoms. The molecule has 0 unspecified atom stereocenters. The number of rotatable bonds is 5. The molecule has 1 aliphatic heterocycles. The molecule has 1 aliphatic rings. The number of halogens is 1. The molecule has 0 saturated carbocycles. The van der Waals surface area contributed by atoms with Crippen LogP contribution in [0, 0.1) is 5.82 Å². The van der Waals surface area contributed by atoms with Gasteiger partial charge in [0, 0.05) is 0 Å². The fourth-order valence-electron chi connectivity index (χ4n) is 3.10. The minimum atomic E-state index is -0.922. The van der Waals surface area contributed by atoms with Gasteiger partial charge in [0.2, 0.25) is 0 Å². The normalized spacial score (nSPS) is 14.5. The zero-order valence-electron chi connectivity index (χ0n) is 15.9. The largest absolute Gasteiger partial charge is 0.478 e. The molecule has 28 heavy (non-hydrogen) atoms. The van der Waals surface area contributed by atoms with Gasteiger partial charge in [-0.3, -0.25) is 0 Å². The van der Waals surface area contributed by atoms with Crippen molar-refractivity contribution in [2.45, 2.75) is 18.8 Å². The molecule has 2 aromatic rings. The van der Waals surface area contributed by atoms with Gasteiger partial charge in [-0.1, -0.05) is 55.7 Å². The van der Waals surface area contributed by atoms with Crippen molar-refractivity contribution in [1.82, 2.24) is 5.32 Å². The Hall–Kier alpha value is -2.98. The number of carboxylic acids is 1. The smallest absolute Gasteiger partial charge is 0.335 e. The van der Waals surface area contributed by atoms with Gasteiger partial charge in [-0.25, -0.2) is 9.18 Å². The Labute approximate surface area is 165 Å². The fourth-order valence-corrected chi connectivity index (χ4v) is 3.10. The number of allylic oxidation sites excluding steroid dienone is 4. The summed E-state index contributed by atoms with van der Waals surface area (Å²) in [4.78, 5) is 10.6. The first-order valence-corrected chi connectivity index (χ1v) is 9.30. The molecule has 0 atom stereocenters. The molecule has 0 bridgehead atoms. The van der Waals surface area contributed by atoms with Gasteiger partial charge < -0.3 is 10.4 Å². The number of nitrogens with one attached hydrogen (secondary N) is 1. The third-order valence-corrected chi connectivity index (χ3v) is 4.66. The van der Waals surface area contributed by atoms with Crippen LogP contribution in [0.5, 0.6) is 0 Å². The average Bonchev–Trinajstić information content (AvgIpc) is 2.74. The van der Waals surface area contributed by atoms with E-state index < -0.39 is 5.97 Å². The van der Waals surface area contributed by atoms with Gasteiger partial charge in [0.15, 0.2) is 0 Å². The highest BCUT2D eigenvalue weighted by atomic mass is 19.1. The summed E-state index contributed by atoms with van der Waals surface area (Å²) >= 11 is 0. The van der Waals surface area contributed by atoms with Gasteiger partial charge in [0.1, 0.15) is 5.82 Å². The second kappa shape index (κ2) is 11.0. The number of hydrogen-bond acceptors (Lipinski definition) is 2. The number of aromatic carboxylic acids is 1. The molecule has 0 aliphatic carbocycles. The lowest BCUT2D eigenvalue weighted by atomic mass is 9.90. The zero-order valence-corrected chi connectivity index (χ0v) is 15.9. The van der Waals surface area contributed by atoms with Crippen LogP contribution < -0.4 is 5.32 Å². The first-order valence-electron chi connectivity index (χ1n) is 9.30. The highest BCUT2D eigenvalue weighted by molar-refractivity contribution is 5.88. The van der Waals surface area contributed by atoms with Gasteiger partial charge in [-0.15, -0.1) is 0 Å². The lowest BCUT2D eigenvalue weighted by molar-refractivity contribution is 0.0697. The number of carbonyl (C=O) groups is 1. The fraction of sp³-hybridized carbons (Fsp3) is 0.208. The molecule has 2 aromatic carbocycles. The van der Waals surface area contributed by atoms with E-state index in [9.17, 15) is 9.18 Å². The number of benzene rings is 2. The highest BCUT2D eigenvalue weighted by Gasteiger charge is 2.14. The van der Waals surface area contributed by atoms with Crippen molar-refractivity contribution < 1.29 is 14.3 Å². The summed E-state index contributed by atoms with van der Waals surface area (Å²) in [7, 11) is 0. The monoisotopic (exact) mass is 379 g/mol. The topological polar surface area (TPSA) is 49.3 Å². The molecule has 0 radical (unpaired) electrons. The van der Waals surface area contributed by atoms with Gasteiger partial charge in [-0.05, 0) is 72.8 Å². The predicted octanol–water partition coefficient (Wildman–Crippen LogP) is 5.43. The summed E-state index contributed by atoms with van der Waals surface area (Å²) in [6.45, 7) is 9.45. The van der Waals surface area contributed by atoms with Crippen LogP contribution in [0.4, 0.5) is 4.39 Å². The van der Waals surface area contributed by atoms with E-state index in [1.165, 1.54) is 18.4 Å². The Morgan fingerprint density at radius 1 is 1.00 bits per heavy atom. The second-order valence-corrected chi connectivity index (χ2v) is 6.52. The maximum Gasteiger partial charge on any atom is 0.335 e. The van der Waals surface area contributed by atoms with E-state index in [1.54, 1.807) is 48.6 Å². The molecule has 3 nitrogen and oxygen atoms in total. The van der Waals surface area contributed by atoms with Crippen molar-refractivity contribution in [3.63, 3.8) is 0 Å². The minimum absolute atomic E-state index is 0.141. The molecule has 1 saturated heterocycles. The Morgan fingerprint density at radius 3 is 2.07 bits per heavy atom. The number of carboxylic acid groups (broad SMARTS) is 1. The zero-order chi connectivity index (χ0) is 20.4. The SMILES string of the molecule is C=C/C=C(\C=C)c1ccc(C(=O)O)cc1.Fc1ccc(C2CCNCC2)cc1. The Balaban J connectivity index is 0.000000202. The lowest BCUT2D eigenvalue weighted by Crippen LogP contribution is -2.26. The van der Waals surface area contributed by atoms with Crippen molar-refractivity contribution >= 4 is 11.5 Å². The van der Waals surface area contributed by atoms with Crippen molar-refractivity contribution in [3.8, 4) is 0 Å². The van der Waals surface area contributed by atoms with Gasteiger partial charge >= 0.3 is 5.97 Å². The molecular formula is C24H26FNO2. The van der Waals surface area contributed by atoms with Gasteiger partial charge in [0.25, 0.3) is 0 Å². The van der Waals surface area contributed by atoms with Gasteiger partial charge in [-0.2, -0.15) is 0 Å². The second-order valence-electron chi connectivity index (χ2n) is 6.52. The Morgan fingerprint density at radius 2 is 1.57 bits per heavy atom. The predicted molar refractivity (Wildman–Crippen MR) is 113 cm³/mol. The van der Waals surface area contributed by atoms with Crippen LogP contribution in [0.1, 0.15) is 40.2 Å². The van der Waals surface area contributed by atoms with Crippen molar-refractivity contribution in [1.29, 1.82) is 0 Å². The molecule has 0 amide bonds. The van der Waals surface area contributed by atoms with Crippen LogP contribution >= 0.6 is 0 Å². The molecule has 1 heterocycles. The molecule has 1 fully saturated rings. The molecular weight excluding hydrogens is 353 g/mol. The lowest BCUT2D eigenvalue weighted by Gasteiger charge is -2.22. The molecule has 146 valence electrons. The van der Waals surface area contributed by atoms with E-state index in [1.807, 2.05) is 18.2 Å². The van der Waals surface area contributed by atoms with Crippen LogP contribution in [-0.2, 0) is 0 Å². The third kappa shape index (κ3) is 6.32. The molecule has 3 rings (SSSR count). The number of hydrogen-bond donors (Lipinski definition) is 2. The Kier molecular flexibility index (Phi) is 8.37. The van der Waals surface area contributed by atoms with E-state index in [0.29, 0.717) is 5.92 Å². The summed E-state index contributed by atoms with van der Waals surface area (Å²) < 4.78 is 12.6. The summed E-state index contributed by atoms with van der Waals surface area (Å²) in [6, 6.07) is 13.6. The average molecular weight is 379 g/mol. The molecule has 2 N–H and O–H groups in total. The van der Waals surface area contributed by atoms with E-state index in [4.69, 9.17) is 5.11 Å². The maximum absolute atomic E-state index is 12.6. The quantitative estimate of drug-likeness (QED) is 0.681. The maximum atomic E-state index is 12.6. The van der Waals surface area contributed by atoms with E-state index in [-0.39, 0.29) is 11.4 Å². The van der Waals surface area contributed by atoms with E-state index >= 15 is 0 Å². The summed E-state index contributed by atoms with van der Waals surface area (Å²) in [5.41, 5.74) is 3.40. The van der Waals surface area contributed by atoms with Gasteiger partial charge in [0.05, 0.1) is 5.56 Å². The van der Waals surface area contributed by atoms with Crippen molar-refractivity contribution in [3.05, 3.63) is 102 Å².